The van der Waals surface area contributed by atoms with Gasteiger partial charge in [-0.15, -0.1) is 0 Å². The second kappa shape index (κ2) is 3.98. The molecule has 1 fully saturated rings. The first-order chi connectivity index (χ1) is 8.14. The molecule has 0 aromatic heterocycles. The van der Waals surface area contributed by atoms with Crippen molar-refractivity contribution in [3.63, 3.8) is 0 Å². The fourth-order valence-electron chi connectivity index (χ4n) is 2.88. The lowest BCUT2D eigenvalue weighted by Gasteiger charge is -2.28. The van der Waals surface area contributed by atoms with E-state index in [-0.39, 0.29) is 11.0 Å². The van der Waals surface area contributed by atoms with Crippen LogP contribution in [-0.4, -0.2) is 5.11 Å². The van der Waals surface area contributed by atoms with Gasteiger partial charge >= 0.3 is 6.18 Å². The van der Waals surface area contributed by atoms with Crippen LogP contribution in [-0.2, 0) is 11.8 Å². The van der Waals surface area contributed by atoms with Gasteiger partial charge in [0.2, 0.25) is 0 Å². The van der Waals surface area contributed by atoms with Crippen LogP contribution in [0, 0.1) is 5.41 Å². The van der Waals surface area contributed by atoms with Gasteiger partial charge in [-0.25, -0.2) is 0 Å². The number of halogens is 3. The van der Waals surface area contributed by atoms with Crippen LogP contribution in [0.1, 0.15) is 44.2 Å². The van der Waals surface area contributed by atoms with Crippen LogP contribution in [0.2, 0.25) is 0 Å². The maximum atomic E-state index is 13.0. The summed E-state index contributed by atoms with van der Waals surface area (Å²) in [4.78, 5) is 0. The van der Waals surface area contributed by atoms with Crippen molar-refractivity contribution in [2.24, 2.45) is 5.41 Å². The Balaban J connectivity index is 2.46. The lowest BCUT2D eigenvalue weighted by Crippen LogP contribution is -2.27. The molecular weight excluding hydrogens is 241 g/mol. The molecule has 2 rings (SSSR count). The number of aliphatic hydroxyl groups is 1. The maximum absolute atomic E-state index is 13.0. The largest absolute Gasteiger partial charge is 0.416 e. The lowest BCUT2D eigenvalue weighted by molar-refractivity contribution is -0.140. The quantitative estimate of drug-likeness (QED) is 0.804. The van der Waals surface area contributed by atoms with Crippen LogP contribution >= 0.6 is 0 Å². The van der Waals surface area contributed by atoms with E-state index in [1.54, 1.807) is 6.07 Å². The predicted octanol–water partition coefficient (Wildman–Crippen LogP) is 4.10. The molecule has 0 radical (unpaired) electrons. The minimum Gasteiger partial charge on any atom is -0.385 e. The fourth-order valence-corrected chi connectivity index (χ4v) is 2.88. The molecule has 1 aliphatic rings. The summed E-state index contributed by atoms with van der Waals surface area (Å²) in [7, 11) is 0. The third-order valence-corrected chi connectivity index (χ3v) is 3.72. The third kappa shape index (κ3) is 2.39. The highest BCUT2D eigenvalue weighted by Crippen LogP contribution is 2.51. The second-order valence-corrected chi connectivity index (χ2v) is 5.92. The van der Waals surface area contributed by atoms with E-state index in [1.807, 2.05) is 13.8 Å². The van der Waals surface area contributed by atoms with E-state index in [0.717, 1.165) is 12.5 Å². The highest BCUT2D eigenvalue weighted by Gasteiger charge is 2.47. The normalized spacial score (nSPS) is 27.4. The number of alkyl halides is 3. The van der Waals surface area contributed by atoms with Crippen LogP contribution in [0.15, 0.2) is 24.3 Å². The first-order valence-electron chi connectivity index (χ1n) is 6.03. The van der Waals surface area contributed by atoms with E-state index in [9.17, 15) is 18.3 Å². The summed E-state index contributed by atoms with van der Waals surface area (Å²) in [6.07, 6.45) is -2.94. The van der Waals surface area contributed by atoms with Gasteiger partial charge in [0.25, 0.3) is 0 Å². The molecule has 4 heteroatoms. The summed E-state index contributed by atoms with van der Waals surface area (Å²) in [5.41, 5.74) is -2.17. The highest BCUT2D eigenvalue weighted by atomic mass is 19.4. The average Bonchev–Trinajstić information content (AvgIpc) is 2.53. The van der Waals surface area contributed by atoms with Crippen LogP contribution < -0.4 is 0 Å². The molecule has 0 amide bonds. The van der Waals surface area contributed by atoms with Crippen molar-refractivity contribution >= 4 is 0 Å². The zero-order chi connectivity index (χ0) is 13.6. The monoisotopic (exact) mass is 258 g/mol. The Kier molecular flexibility index (Phi) is 2.97. The van der Waals surface area contributed by atoms with Crippen LogP contribution in [0.5, 0.6) is 0 Å². The predicted molar refractivity (Wildman–Crippen MR) is 63.0 cm³/mol. The highest BCUT2D eigenvalue weighted by molar-refractivity contribution is 5.35. The maximum Gasteiger partial charge on any atom is 0.416 e. The molecule has 1 nitrogen and oxygen atoms in total. The van der Waals surface area contributed by atoms with Gasteiger partial charge in [-0.05, 0) is 36.3 Å². The van der Waals surface area contributed by atoms with Crippen LogP contribution in [0.4, 0.5) is 13.2 Å². The minimum atomic E-state index is -4.42. The van der Waals surface area contributed by atoms with Gasteiger partial charge in [0.15, 0.2) is 0 Å². The molecule has 1 aromatic carbocycles. The molecule has 0 saturated heterocycles. The van der Waals surface area contributed by atoms with E-state index in [1.165, 1.54) is 12.1 Å². The van der Waals surface area contributed by atoms with E-state index in [2.05, 4.69) is 0 Å². The summed E-state index contributed by atoms with van der Waals surface area (Å²) in [6, 6.07) is 5.34. The van der Waals surface area contributed by atoms with Gasteiger partial charge in [-0.3, -0.25) is 0 Å². The summed E-state index contributed by atoms with van der Waals surface area (Å²) >= 11 is 0. The molecule has 1 unspecified atom stereocenters. The van der Waals surface area contributed by atoms with Crippen molar-refractivity contribution in [3.8, 4) is 0 Å². The molecular formula is C14H17F3O. The topological polar surface area (TPSA) is 20.2 Å². The summed E-state index contributed by atoms with van der Waals surface area (Å²) in [5, 5.41) is 10.5. The number of benzene rings is 1. The fraction of sp³-hybridized carbons (Fsp3) is 0.571. The first-order valence-corrected chi connectivity index (χ1v) is 6.03. The Morgan fingerprint density at radius 2 is 1.72 bits per heavy atom. The number of rotatable bonds is 1. The Morgan fingerprint density at radius 1 is 1.11 bits per heavy atom. The molecule has 1 saturated carbocycles. The Hall–Kier alpha value is -1.03. The Labute approximate surface area is 105 Å². The van der Waals surface area contributed by atoms with Crippen molar-refractivity contribution in [3.05, 3.63) is 35.4 Å². The van der Waals surface area contributed by atoms with Crippen LogP contribution in [0.25, 0.3) is 0 Å². The molecule has 0 spiro atoms. The van der Waals surface area contributed by atoms with Crippen molar-refractivity contribution in [1.82, 2.24) is 0 Å². The first kappa shape index (κ1) is 13.4. The molecule has 0 bridgehead atoms. The summed E-state index contributed by atoms with van der Waals surface area (Å²) in [5.74, 6) is 0. The molecule has 1 N–H and O–H groups in total. The van der Waals surface area contributed by atoms with E-state index >= 15 is 0 Å². The molecule has 0 aliphatic heterocycles. The third-order valence-electron chi connectivity index (χ3n) is 3.72. The van der Waals surface area contributed by atoms with Gasteiger partial charge in [-0.2, -0.15) is 13.2 Å². The summed E-state index contributed by atoms with van der Waals surface area (Å²) in [6.45, 7) is 3.95. The number of hydrogen-bond acceptors (Lipinski definition) is 1. The van der Waals surface area contributed by atoms with E-state index < -0.39 is 17.3 Å². The lowest BCUT2D eigenvalue weighted by atomic mass is 9.84. The molecule has 1 atom stereocenters. The average molecular weight is 258 g/mol. The molecule has 18 heavy (non-hydrogen) atoms. The van der Waals surface area contributed by atoms with Gasteiger partial charge < -0.3 is 5.11 Å². The molecule has 1 aliphatic carbocycles. The number of hydrogen-bond donors (Lipinski definition) is 1. The van der Waals surface area contributed by atoms with Crippen molar-refractivity contribution in [2.75, 3.05) is 0 Å². The molecule has 0 heterocycles. The molecule has 1 aromatic rings. The van der Waals surface area contributed by atoms with E-state index in [4.69, 9.17) is 0 Å². The van der Waals surface area contributed by atoms with Gasteiger partial charge in [0, 0.05) is 0 Å². The van der Waals surface area contributed by atoms with Gasteiger partial charge in [-0.1, -0.05) is 32.0 Å². The second-order valence-electron chi connectivity index (χ2n) is 5.92. The summed E-state index contributed by atoms with van der Waals surface area (Å²) < 4.78 is 38.9. The zero-order valence-corrected chi connectivity index (χ0v) is 10.5. The Morgan fingerprint density at radius 3 is 2.22 bits per heavy atom. The van der Waals surface area contributed by atoms with Crippen LogP contribution in [0.3, 0.4) is 0 Å². The molecule has 100 valence electrons. The van der Waals surface area contributed by atoms with Gasteiger partial charge in [0.1, 0.15) is 0 Å². The smallest absolute Gasteiger partial charge is 0.385 e. The van der Waals surface area contributed by atoms with Gasteiger partial charge in [0.05, 0.1) is 11.2 Å². The van der Waals surface area contributed by atoms with Crippen molar-refractivity contribution in [2.45, 2.75) is 44.9 Å². The Bertz CT molecular complexity index is 451. The van der Waals surface area contributed by atoms with Crippen molar-refractivity contribution < 1.29 is 18.3 Å². The minimum absolute atomic E-state index is 0.0167. The van der Waals surface area contributed by atoms with Crippen molar-refractivity contribution in [1.29, 1.82) is 0 Å². The SMILES string of the molecule is CC1(C)CCC(O)(c2ccccc2C(F)(F)F)C1. The zero-order valence-electron chi connectivity index (χ0n) is 10.5. The standard InChI is InChI=1S/C14H17F3O/c1-12(2)7-8-13(18,9-12)10-5-3-4-6-11(10)14(15,16)17/h3-6,18H,7-9H2,1-2H3. The van der Waals surface area contributed by atoms with E-state index in [0.29, 0.717) is 12.8 Å².